The molecule has 12 heteroatoms. The molecule has 1 unspecified atom stereocenters. The molecular formula is C21H26ClFN4O5S. The molecule has 2 heterocycles. The number of ether oxygens (including phenoxy) is 1. The van der Waals surface area contributed by atoms with Crippen molar-refractivity contribution in [2.45, 2.75) is 44.2 Å². The van der Waals surface area contributed by atoms with Crippen LogP contribution in [0.4, 0.5) is 9.18 Å². The molecule has 1 atom stereocenters. The van der Waals surface area contributed by atoms with Gasteiger partial charge in [-0.1, -0.05) is 11.6 Å². The lowest BCUT2D eigenvalue weighted by Crippen LogP contribution is -2.47. The van der Waals surface area contributed by atoms with Gasteiger partial charge in [0.1, 0.15) is 23.5 Å². The van der Waals surface area contributed by atoms with E-state index in [1.54, 1.807) is 18.5 Å². The molecule has 0 bridgehead atoms. The lowest BCUT2D eigenvalue weighted by Gasteiger charge is -2.32. The zero-order valence-corrected chi connectivity index (χ0v) is 19.4. The molecule has 0 radical (unpaired) electrons. The summed E-state index contributed by atoms with van der Waals surface area (Å²) in [6.45, 7) is 0.479. The predicted octanol–water partition coefficient (Wildman–Crippen LogP) is 3.10. The number of nitrogens with one attached hydrogen (secondary N) is 1. The zero-order chi connectivity index (χ0) is 23.8. The average molecular weight is 501 g/mol. The van der Waals surface area contributed by atoms with Crippen molar-refractivity contribution in [3.63, 3.8) is 0 Å². The number of hydrogen-bond acceptors (Lipinski definition) is 6. The molecule has 0 spiro atoms. The highest BCUT2D eigenvalue weighted by Gasteiger charge is 2.31. The Balaban J connectivity index is 1.52. The molecule has 1 aromatic carbocycles. The first-order chi connectivity index (χ1) is 15.7. The second-order valence-electron chi connectivity index (χ2n) is 7.77. The Morgan fingerprint density at radius 1 is 1.30 bits per heavy atom. The zero-order valence-electron chi connectivity index (χ0n) is 17.9. The van der Waals surface area contributed by atoms with E-state index in [9.17, 15) is 17.6 Å². The first-order valence-corrected chi connectivity index (χ1v) is 12.6. The smallest absolute Gasteiger partial charge is 0.404 e. The van der Waals surface area contributed by atoms with E-state index in [2.05, 4.69) is 15.3 Å². The molecule has 1 aliphatic rings. The van der Waals surface area contributed by atoms with E-state index >= 15 is 0 Å². The van der Waals surface area contributed by atoms with E-state index < -0.39 is 28.0 Å². The maximum atomic E-state index is 13.2. The fourth-order valence-corrected chi connectivity index (χ4v) is 5.62. The van der Waals surface area contributed by atoms with E-state index in [4.69, 9.17) is 21.4 Å². The van der Waals surface area contributed by atoms with Crippen LogP contribution in [-0.2, 0) is 16.4 Å². The number of aryl methyl sites for hydroxylation is 1. The second kappa shape index (κ2) is 11.6. The van der Waals surface area contributed by atoms with Crippen molar-refractivity contribution in [1.82, 2.24) is 19.6 Å². The van der Waals surface area contributed by atoms with Crippen LogP contribution >= 0.6 is 11.6 Å². The summed E-state index contributed by atoms with van der Waals surface area (Å²) in [5.74, 6) is 0.184. The van der Waals surface area contributed by atoms with Gasteiger partial charge in [-0.15, -0.1) is 0 Å². The van der Waals surface area contributed by atoms with Gasteiger partial charge in [0, 0.05) is 37.9 Å². The van der Waals surface area contributed by atoms with Crippen molar-refractivity contribution < 1.29 is 27.4 Å². The van der Waals surface area contributed by atoms with Crippen LogP contribution < -0.4 is 10.1 Å². The van der Waals surface area contributed by atoms with E-state index in [1.807, 2.05) is 0 Å². The van der Waals surface area contributed by atoms with Crippen molar-refractivity contribution in [3.8, 4) is 5.75 Å². The summed E-state index contributed by atoms with van der Waals surface area (Å²) in [5.41, 5.74) is 0. The molecule has 180 valence electrons. The highest BCUT2D eigenvalue weighted by atomic mass is 35.5. The minimum Gasteiger partial charge on any atom is -0.489 e. The Morgan fingerprint density at radius 2 is 2.00 bits per heavy atom. The minimum atomic E-state index is -3.69. The van der Waals surface area contributed by atoms with Gasteiger partial charge in [0.2, 0.25) is 10.0 Å². The lowest BCUT2D eigenvalue weighted by molar-refractivity contribution is 0.135. The van der Waals surface area contributed by atoms with E-state index in [0.717, 1.165) is 6.07 Å². The Labute approximate surface area is 197 Å². The molecule has 1 aromatic heterocycles. The molecule has 0 saturated carbocycles. The summed E-state index contributed by atoms with van der Waals surface area (Å²) in [4.78, 5) is 19.4. The van der Waals surface area contributed by atoms with Crippen LogP contribution in [0.3, 0.4) is 0 Å². The number of hydrogen-bond donors (Lipinski definition) is 2. The normalized spacial score (nSPS) is 16.3. The van der Waals surface area contributed by atoms with E-state index in [1.165, 1.54) is 16.4 Å². The lowest BCUT2D eigenvalue weighted by atomic mass is 10.1. The number of benzene rings is 1. The molecule has 1 fully saturated rings. The summed E-state index contributed by atoms with van der Waals surface area (Å²) in [6.07, 6.45) is 4.00. The van der Waals surface area contributed by atoms with E-state index in [-0.39, 0.29) is 30.0 Å². The van der Waals surface area contributed by atoms with Crippen molar-refractivity contribution in [2.75, 3.05) is 18.8 Å². The third-order valence-electron chi connectivity index (χ3n) is 5.29. The maximum Gasteiger partial charge on any atom is 0.404 e. The molecule has 0 aliphatic carbocycles. The monoisotopic (exact) mass is 500 g/mol. The third-order valence-corrected chi connectivity index (χ3v) is 7.56. The molecule has 2 N–H and O–H groups in total. The Morgan fingerprint density at radius 3 is 2.64 bits per heavy atom. The standard InChI is InChI=1S/C21H26ClFN4O5S/c22-18-13-15(23)5-6-19(18)32-17-7-11-27(12-8-17)33(30,31)14-16(26-21(28)29)3-1-4-20-24-9-2-10-25-20/h2,5-6,9-10,13,16-17,26H,1,3-4,7-8,11-12,14H2,(H,28,29). The summed E-state index contributed by atoms with van der Waals surface area (Å²) < 4.78 is 46.2. The summed E-state index contributed by atoms with van der Waals surface area (Å²) in [7, 11) is -3.69. The fraction of sp³-hybridized carbons (Fsp3) is 0.476. The van der Waals surface area contributed by atoms with Gasteiger partial charge < -0.3 is 15.2 Å². The fourth-order valence-electron chi connectivity index (χ4n) is 3.68. The number of amides is 1. The molecular weight excluding hydrogens is 475 g/mol. The van der Waals surface area contributed by atoms with Gasteiger partial charge in [-0.2, -0.15) is 0 Å². The quantitative estimate of drug-likeness (QED) is 0.514. The Bertz CT molecular complexity index is 1040. The SMILES string of the molecule is O=C(O)NC(CCCc1ncccn1)CS(=O)(=O)N1CCC(Oc2ccc(F)cc2Cl)CC1. The molecule has 9 nitrogen and oxygen atoms in total. The third kappa shape index (κ3) is 7.79. The number of rotatable bonds is 10. The summed E-state index contributed by atoms with van der Waals surface area (Å²) in [5, 5.41) is 11.6. The first-order valence-electron chi connectivity index (χ1n) is 10.6. The molecule has 1 aliphatic heterocycles. The average Bonchev–Trinajstić information content (AvgIpc) is 2.76. The van der Waals surface area contributed by atoms with E-state index in [0.29, 0.717) is 43.7 Å². The van der Waals surface area contributed by atoms with Crippen molar-refractivity contribution in [3.05, 3.63) is 53.3 Å². The van der Waals surface area contributed by atoms with Crippen molar-refractivity contribution >= 4 is 27.7 Å². The van der Waals surface area contributed by atoms with Gasteiger partial charge >= 0.3 is 6.09 Å². The van der Waals surface area contributed by atoms with Gasteiger partial charge in [-0.25, -0.2) is 31.9 Å². The minimum absolute atomic E-state index is 0.161. The number of piperidine rings is 1. The number of carboxylic acid groups (broad SMARTS) is 1. The summed E-state index contributed by atoms with van der Waals surface area (Å²) in [6, 6.07) is 4.82. The molecule has 1 amide bonds. The Kier molecular flexibility index (Phi) is 8.81. The molecule has 1 saturated heterocycles. The number of carbonyl (C=O) groups is 1. The van der Waals surface area contributed by atoms with Crippen molar-refractivity contribution in [2.24, 2.45) is 0 Å². The van der Waals surface area contributed by atoms with Gasteiger partial charge in [-0.05, 0) is 49.9 Å². The van der Waals surface area contributed by atoms with Gasteiger partial charge in [0.15, 0.2) is 0 Å². The van der Waals surface area contributed by atoms with Crippen LogP contribution in [0.2, 0.25) is 5.02 Å². The van der Waals surface area contributed by atoms with Gasteiger partial charge in [0.05, 0.1) is 10.8 Å². The van der Waals surface area contributed by atoms with Gasteiger partial charge in [-0.3, -0.25) is 0 Å². The predicted molar refractivity (Wildman–Crippen MR) is 120 cm³/mol. The summed E-state index contributed by atoms with van der Waals surface area (Å²) >= 11 is 6.00. The largest absolute Gasteiger partial charge is 0.489 e. The maximum absolute atomic E-state index is 13.2. The molecule has 33 heavy (non-hydrogen) atoms. The van der Waals surface area contributed by atoms with Gasteiger partial charge in [0.25, 0.3) is 0 Å². The van der Waals surface area contributed by atoms with Crippen LogP contribution in [0.1, 0.15) is 31.5 Å². The van der Waals surface area contributed by atoms with Crippen LogP contribution in [0, 0.1) is 5.82 Å². The second-order valence-corrected chi connectivity index (χ2v) is 10.2. The number of nitrogens with zero attached hydrogens (tertiary/aromatic N) is 3. The Hall–Kier alpha value is -2.50. The van der Waals surface area contributed by atoms with Crippen LogP contribution in [0.5, 0.6) is 5.75 Å². The topological polar surface area (TPSA) is 122 Å². The van der Waals surface area contributed by atoms with Crippen LogP contribution in [0.25, 0.3) is 0 Å². The number of aromatic nitrogens is 2. The first kappa shape index (κ1) is 25.1. The van der Waals surface area contributed by atoms with Crippen LogP contribution in [-0.4, -0.2) is 64.9 Å². The highest BCUT2D eigenvalue weighted by molar-refractivity contribution is 7.89. The number of sulfonamides is 1. The van der Waals surface area contributed by atoms with Crippen molar-refractivity contribution in [1.29, 1.82) is 0 Å². The molecule has 2 aromatic rings. The molecule has 3 rings (SSSR count). The van der Waals surface area contributed by atoms with Crippen LogP contribution in [0.15, 0.2) is 36.7 Å². The highest BCUT2D eigenvalue weighted by Crippen LogP contribution is 2.28. The number of halogens is 2.